The van der Waals surface area contributed by atoms with E-state index in [0.717, 1.165) is 0 Å². The standard InChI is InChI=1S/C12H22N2O4/c1-4-14(5-2)11(16)7-6-10(15)13(3)9-8-12(17)18/h4-9H2,1-3H3,(H,17,18). The quantitative estimate of drug-likeness (QED) is 0.690. The SMILES string of the molecule is CCN(CC)C(=O)CCC(=O)N(C)CCC(=O)O. The van der Waals surface area contributed by atoms with E-state index >= 15 is 0 Å². The Balaban J connectivity index is 4.01. The number of nitrogens with zero attached hydrogens (tertiary/aromatic N) is 2. The zero-order valence-electron chi connectivity index (χ0n) is 11.3. The second-order valence-electron chi connectivity index (χ2n) is 4.03. The molecular weight excluding hydrogens is 236 g/mol. The molecule has 0 saturated heterocycles. The van der Waals surface area contributed by atoms with Gasteiger partial charge in [0.25, 0.3) is 0 Å². The van der Waals surface area contributed by atoms with Crippen LogP contribution in [0.5, 0.6) is 0 Å². The molecule has 1 N–H and O–H groups in total. The van der Waals surface area contributed by atoms with Crippen LogP contribution in [0.25, 0.3) is 0 Å². The van der Waals surface area contributed by atoms with Crippen molar-refractivity contribution in [3.05, 3.63) is 0 Å². The first-order chi connectivity index (χ1) is 8.42. The van der Waals surface area contributed by atoms with Gasteiger partial charge in [0.1, 0.15) is 0 Å². The fourth-order valence-electron chi connectivity index (χ4n) is 1.53. The molecule has 6 heteroatoms. The highest BCUT2D eigenvalue weighted by Gasteiger charge is 2.14. The second-order valence-corrected chi connectivity index (χ2v) is 4.03. The molecule has 0 rings (SSSR count). The lowest BCUT2D eigenvalue weighted by molar-refractivity contribution is -0.139. The van der Waals surface area contributed by atoms with E-state index in [0.29, 0.717) is 13.1 Å². The number of hydrogen-bond acceptors (Lipinski definition) is 3. The Morgan fingerprint density at radius 1 is 0.944 bits per heavy atom. The summed E-state index contributed by atoms with van der Waals surface area (Å²) in [5, 5.41) is 8.50. The average Bonchev–Trinajstić information content (AvgIpc) is 2.34. The normalized spacial score (nSPS) is 9.94. The van der Waals surface area contributed by atoms with Crippen LogP contribution in [0.15, 0.2) is 0 Å². The largest absolute Gasteiger partial charge is 0.481 e. The van der Waals surface area contributed by atoms with Gasteiger partial charge in [-0.1, -0.05) is 0 Å². The summed E-state index contributed by atoms with van der Waals surface area (Å²) in [7, 11) is 1.55. The van der Waals surface area contributed by atoms with Gasteiger partial charge in [-0.05, 0) is 13.8 Å². The van der Waals surface area contributed by atoms with Crippen molar-refractivity contribution in [3.8, 4) is 0 Å². The predicted octanol–water partition coefficient (Wildman–Crippen LogP) is 0.568. The number of carbonyl (C=O) groups excluding carboxylic acids is 2. The van der Waals surface area contributed by atoms with Crippen LogP contribution >= 0.6 is 0 Å². The molecule has 0 fully saturated rings. The Hall–Kier alpha value is -1.59. The smallest absolute Gasteiger partial charge is 0.305 e. The highest BCUT2D eigenvalue weighted by Crippen LogP contribution is 2.01. The zero-order valence-corrected chi connectivity index (χ0v) is 11.3. The molecule has 0 bridgehead atoms. The van der Waals surface area contributed by atoms with Gasteiger partial charge in [-0.25, -0.2) is 0 Å². The third kappa shape index (κ3) is 6.22. The van der Waals surface area contributed by atoms with Gasteiger partial charge in [0.15, 0.2) is 0 Å². The highest BCUT2D eigenvalue weighted by atomic mass is 16.4. The molecule has 0 aliphatic carbocycles. The first-order valence-corrected chi connectivity index (χ1v) is 6.15. The van der Waals surface area contributed by atoms with E-state index in [-0.39, 0.29) is 37.6 Å². The van der Waals surface area contributed by atoms with Crippen molar-refractivity contribution in [1.82, 2.24) is 9.80 Å². The molecule has 6 nitrogen and oxygen atoms in total. The summed E-state index contributed by atoms with van der Waals surface area (Å²) in [5.41, 5.74) is 0. The number of carboxylic acids is 1. The third-order valence-corrected chi connectivity index (χ3v) is 2.76. The summed E-state index contributed by atoms with van der Waals surface area (Å²) in [6.07, 6.45) is 0.232. The molecule has 0 aliphatic heterocycles. The molecule has 0 aromatic rings. The van der Waals surface area contributed by atoms with Gasteiger partial charge in [-0.3, -0.25) is 14.4 Å². The van der Waals surface area contributed by atoms with Gasteiger partial charge in [-0.2, -0.15) is 0 Å². The van der Waals surface area contributed by atoms with Gasteiger partial charge >= 0.3 is 5.97 Å². The second kappa shape index (κ2) is 8.49. The fourth-order valence-corrected chi connectivity index (χ4v) is 1.53. The Morgan fingerprint density at radius 3 is 1.89 bits per heavy atom. The molecule has 0 aromatic heterocycles. The van der Waals surface area contributed by atoms with Crippen molar-refractivity contribution in [3.63, 3.8) is 0 Å². The molecule has 18 heavy (non-hydrogen) atoms. The number of rotatable bonds is 8. The van der Waals surface area contributed by atoms with Gasteiger partial charge in [-0.15, -0.1) is 0 Å². The minimum Gasteiger partial charge on any atom is -0.481 e. The highest BCUT2D eigenvalue weighted by molar-refractivity contribution is 5.83. The maximum atomic E-state index is 11.7. The van der Waals surface area contributed by atoms with Crippen molar-refractivity contribution in [2.24, 2.45) is 0 Å². The lowest BCUT2D eigenvalue weighted by Crippen LogP contribution is -2.33. The van der Waals surface area contributed by atoms with Gasteiger partial charge < -0.3 is 14.9 Å². The summed E-state index contributed by atoms with van der Waals surface area (Å²) in [4.78, 5) is 36.7. The van der Waals surface area contributed by atoms with Crippen LogP contribution in [0.3, 0.4) is 0 Å². The van der Waals surface area contributed by atoms with Crippen LogP contribution in [0.2, 0.25) is 0 Å². The van der Waals surface area contributed by atoms with Gasteiger partial charge in [0.2, 0.25) is 11.8 Å². The molecule has 0 saturated carbocycles. The number of carbonyl (C=O) groups is 3. The topological polar surface area (TPSA) is 77.9 Å². The summed E-state index contributed by atoms with van der Waals surface area (Å²) in [6, 6.07) is 0. The van der Waals surface area contributed by atoms with Gasteiger partial charge in [0.05, 0.1) is 6.42 Å². The first kappa shape index (κ1) is 16.4. The van der Waals surface area contributed by atoms with Crippen molar-refractivity contribution < 1.29 is 19.5 Å². The summed E-state index contributed by atoms with van der Waals surface area (Å²) in [5.74, 6) is -1.18. The van der Waals surface area contributed by atoms with E-state index < -0.39 is 5.97 Å². The molecule has 2 amide bonds. The molecular formula is C12H22N2O4. The molecule has 0 heterocycles. The lowest BCUT2D eigenvalue weighted by atomic mass is 10.2. The van der Waals surface area contributed by atoms with Crippen LogP contribution in [0.1, 0.15) is 33.1 Å². The van der Waals surface area contributed by atoms with E-state index in [4.69, 9.17) is 5.11 Å². The summed E-state index contributed by atoms with van der Waals surface area (Å²) in [6.45, 7) is 5.23. The number of amides is 2. The van der Waals surface area contributed by atoms with E-state index in [9.17, 15) is 14.4 Å². The maximum absolute atomic E-state index is 11.7. The van der Waals surface area contributed by atoms with E-state index in [1.54, 1.807) is 11.9 Å². The van der Waals surface area contributed by atoms with E-state index in [1.165, 1.54) is 4.90 Å². The van der Waals surface area contributed by atoms with Crippen molar-refractivity contribution >= 4 is 17.8 Å². The molecule has 104 valence electrons. The first-order valence-electron chi connectivity index (χ1n) is 6.15. The van der Waals surface area contributed by atoms with E-state index in [2.05, 4.69) is 0 Å². The van der Waals surface area contributed by atoms with Crippen molar-refractivity contribution in [2.75, 3.05) is 26.7 Å². The molecule has 0 radical (unpaired) electrons. The number of aliphatic carboxylic acids is 1. The van der Waals surface area contributed by atoms with Crippen LogP contribution in [-0.2, 0) is 14.4 Å². The van der Waals surface area contributed by atoms with Crippen LogP contribution in [0, 0.1) is 0 Å². The zero-order chi connectivity index (χ0) is 14.1. The minimum absolute atomic E-state index is 0.0417. The number of hydrogen-bond donors (Lipinski definition) is 1. The predicted molar refractivity (Wildman–Crippen MR) is 67.1 cm³/mol. The average molecular weight is 258 g/mol. The summed E-state index contributed by atoms with van der Waals surface area (Å²) >= 11 is 0. The molecule has 0 aliphatic rings. The number of carboxylic acid groups (broad SMARTS) is 1. The Bertz CT molecular complexity index is 300. The van der Waals surface area contributed by atoms with Crippen molar-refractivity contribution in [2.45, 2.75) is 33.1 Å². The van der Waals surface area contributed by atoms with Crippen LogP contribution < -0.4 is 0 Å². The van der Waals surface area contributed by atoms with Crippen LogP contribution in [-0.4, -0.2) is 59.4 Å². The van der Waals surface area contributed by atoms with E-state index in [1.807, 2.05) is 13.8 Å². The lowest BCUT2D eigenvalue weighted by Gasteiger charge is -2.20. The summed E-state index contributed by atoms with van der Waals surface area (Å²) < 4.78 is 0. The van der Waals surface area contributed by atoms with Gasteiger partial charge in [0, 0.05) is 39.5 Å². The van der Waals surface area contributed by atoms with Crippen LogP contribution in [0.4, 0.5) is 0 Å². The molecule has 0 spiro atoms. The molecule has 0 unspecified atom stereocenters. The molecule has 0 aromatic carbocycles. The maximum Gasteiger partial charge on any atom is 0.305 e. The fraction of sp³-hybridized carbons (Fsp3) is 0.750. The third-order valence-electron chi connectivity index (χ3n) is 2.76. The monoisotopic (exact) mass is 258 g/mol. The molecule has 0 atom stereocenters. The Morgan fingerprint density at radius 2 is 1.44 bits per heavy atom. The minimum atomic E-state index is -0.936. The Labute approximate surface area is 108 Å². The Kier molecular flexibility index (Phi) is 7.74. The van der Waals surface area contributed by atoms with Crippen molar-refractivity contribution in [1.29, 1.82) is 0 Å².